The lowest BCUT2D eigenvalue weighted by Crippen LogP contribution is -2.36. The first-order valence-corrected chi connectivity index (χ1v) is 11.6. The van der Waals surface area contributed by atoms with Crippen LogP contribution < -0.4 is 19.1 Å². The normalized spacial score (nSPS) is 15.6. The van der Waals surface area contributed by atoms with Crippen molar-refractivity contribution in [1.29, 1.82) is 0 Å². The molecule has 0 atom stereocenters. The van der Waals surface area contributed by atoms with E-state index < -0.39 is 0 Å². The Kier molecular flexibility index (Phi) is 6.67. The predicted molar refractivity (Wildman–Crippen MR) is 130 cm³/mol. The zero-order valence-corrected chi connectivity index (χ0v) is 19.9. The van der Waals surface area contributed by atoms with Crippen molar-refractivity contribution in [2.75, 3.05) is 58.6 Å². The second kappa shape index (κ2) is 10.2. The molecule has 0 spiro atoms. The standard InChI is InChI=1S/C26H28N4O5/c1-32-23-16-19(22-7-8-24(33-2)28-27-22)15-20-17-30(11-14-35-25(20)23)26(31)18-3-5-21(6-4-18)29-9-12-34-13-10-29/h3-8,15-16H,9-14,17H2,1-2H3. The van der Waals surface area contributed by atoms with Crippen molar-refractivity contribution < 1.29 is 23.7 Å². The minimum absolute atomic E-state index is 0.0383. The summed E-state index contributed by atoms with van der Waals surface area (Å²) < 4.78 is 22.2. The van der Waals surface area contributed by atoms with Crippen LogP contribution in [0, 0.1) is 0 Å². The molecule has 0 bridgehead atoms. The summed E-state index contributed by atoms with van der Waals surface area (Å²) in [5.74, 6) is 1.65. The second-order valence-electron chi connectivity index (χ2n) is 8.35. The van der Waals surface area contributed by atoms with Crippen molar-refractivity contribution in [1.82, 2.24) is 15.1 Å². The Morgan fingerprint density at radius 2 is 1.71 bits per heavy atom. The maximum absolute atomic E-state index is 13.4. The Morgan fingerprint density at radius 3 is 2.40 bits per heavy atom. The van der Waals surface area contributed by atoms with E-state index in [0.717, 1.165) is 43.1 Å². The molecule has 9 nitrogen and oxygen atoms in total. The minimum atomic E-state index is -0.0383. The maximum atomic E-state index is 13.4. The molecule has 3 aromatic rings. The van der Waals surface area contributed by atoms with E-state index in [1.807, 2.05) is 42.5 Å². The second-order valence-corrected chi connectivity index (χ2v) is 8.35. The monoisotopic (exact) mass is 476 g/mol. The molecule has 0 aliphatic carbocycles. The fraction of sp³-hybridized carbons (Fsp3) is 0.346. The average Bonchev–Trinajstić information content (AvgIpc) is 3.15. The number of amides is 1. The van der Waals surface area contributed by atoms with Gasteiger partial charge in [0.05, 0.1) is 39.7 Å². The van der Waals surface area contributed by atoms with E-state index in [9.17, 15) is 4.79 Å². The summed E-state index contributed by atoms with van der Waals surface area (Å²) in [5.41, 5.74) is 4.10. The Hall–Kier alpha value is -3.85. The van der Waals surface area contributed by atoms with E-state index in [1.54, 1.807) is 25.2 Å². The van der Waals surface area contributed by atoms with Crippen molar-refractivity contribution in [3.8, 4) is 28.6 Å². The molecule has 1 amide bonds. The Morgan fingerprint density at radius 1 is 0.914 bits per heavy atom. The predicted octanol–water partition coefficient (Wildman–Crippen LogP) is 3.03. The number of aromatic nitrogens is 2. The fourth-order valence-electron chi connectivity index (χ4n) is 4.36. The first-order chi connectivity index (χ1) is 17.2. The molecule has 0 saturated carbocycles. The number of nitrogens with zero attached hydrogens (tertiary/aromatic N) is 4. The fourth-order valence-corrected chi connectivity index (χ4v) is 4.36. The van der Waals surface area contributed by atoms with E-state index in [1.165, 1.54) is 0 Å². The highest BCUT2D eigenvalue weighted by molar-refractivity contribution is 5.94. The van der Waals surface area contributed by atoms with E-state index in [4.69, 9.17) is 18.9 Å². The molecule has 35 heavy (non-hydrogen) atoms. The van der Waals surface area contributed by atoms with Gasteiger partial charge >= 0.3 is 0 Å². The van der Waals surface area contributed by atoms with Crippen LogP contribution in [0.1, 0.15) is 15.9 Å². The molecule has 5 rings (SSSR count). The van der Waals surface area contributed by atoms with Crippen LogP contribution in [0.2, 0.25) is 0 Å². The van der Waals surface area contributed by atoms with Crippen LogP contribution in [0.4, 0.5) is 5.69 Å². The largest absolute Gasteiger partial charge is 0.493 e. The van der Waals surface area contributed by atoms with Gasteiger partial charge < -0.3 is 28.7 Å². The topological polar surface area (TPSA) is 86.2 Å². The van der Waals surface area contributed by atoms with Gasteiger partial charge in [-0.05, 0) is 42.5 Å². The van der Waals surface area contributed by atoms with E-state index in [-0.39, 0.29) is 5.91 Å². The van der Waals surface area contributed by atoms with Crippen LogP contribution in [0.25, 0.3) is 11.3 Å². The zero-order valence-electron chi connectivity index (χ0n) is 19.9. The van der Waals surface area contributed by atoms with Gasteiger partial charge in [0, 0.05) is 48.1 Å². The number of morpholine rings is 1. The van der Waals surface area contributed by atoms with Gasteiger partial charge in [0.15, 0.2) is 11.5 Å². The maximum Gasteiger partial charge on any atom is 0.254 e. The van der Waals surface area contributed by atoms with Crippen LogP contribution in [0.5, 0.6) is 17.4 Å². The minimum Gasteiger partial charge on any atom is -0.493 e. The Bertz CT molecular complexity index is 1180. The number of carbonyl (C=O) groups excluding carboxylic acids is 1. The third-order valence-electron chi connectivity index (χ3n) is 6.24. The van der Waals surface area contributed by atoms with Crippen LogP contribution in [0.3, 0.4) is 0 Å². The number of hydrogen-bond acceptors (Lipinski definition) is 8. The van der Waals surface area contributed by atoms with Crippen molar-refractivity contribution in [2.45, 2.75) is 6.54 Å². The van der Waals surface area contributed by atoms with Crippen LogP contribution in [-0.2, 0) is 11.3 Å². The van der Waals surface area contributed by atoms with Gasteiger partial charge in [0.2, 0.25) is 5.88 Å². The van der Waals surface area contributed by atoms with Gasteiger partial charge in [-0.3, -0.25) is 4.79 Å². The van der Waals surface area contributed by atoms with Crippen LogP contribution >= 0.6 is 0 Å². The number of benzene rings is 2. The number of hydrogen-bond donors (Lipinski definition) is 0. The molecule has 2 aliphatic rings. The molecule has 3 heterocycles. The smallest absolute Gasteiger partial charge is 0.254 e. The molecule has 182 valence electrons. The molecule has 1 fully saturated rings. The number of anilines is 1. The molecule has 0 radical (unpaired) electrons. The molecule has 2 aliphatic heterocycles. The van der Waals surface area contributed by atoms with E-state index >= 15 is 0 Å². The average molecular weight is 477 g/mol. The first kappa shape index (κ1) is 22.9. The molecule has 0 unspecified atom stereocenters. The third-order valence-corrected chi connectivity index (χ3v) is 6.24. The van der Waals surface area contributed by atoms with Crippen molar-refractivity contribution >= 4 is 11.6 Å². The first-order valence-electron chi connectivity index (χ1n) is 11.6. The van der Waals surface area contributed by atoms with Gasteiger partial charge in [-0.2, -0.15) is 0 Å². The van der Waals surface area contributed by atoms with Crippen LogP contribution in [0.15, 0.2) is 48.5 Å². The highest BCUT2D eigenvalue weighted by Gasteiger charge is 2.25. The van der Waals surface area contributed by atoms with E-state index in [2.05, 4.69) is 15.1 Å². The molecule has 2 aromatic carbocycles. The molecule has 0 N–H and O–H groups in total. The molecule has 9 heteroatoms. The summed E-state index contributed by atoms with van der Waals surface area (Å²) in [6.07, 6.45) is 0. The van der Waals surface area contributed by atoms with Crippen molar-refractivity contribution in [2.24, 2.45) is 0 Å². The highest BCUT2D eigenvalue weighted by Crippen LogP contribution is 2.38. The number of rotatable bonds is 5. The van der Waals surface area contributed by atoms with Gasteiger partial charge in [-0.1, -0.05) is 0 Å². The van der Waals surface area contributed by atoms with Gasteiger partial charge in [0.1, 0.15) is 6.61 Å². The summed E-state index contributed by atoms with van der Waals surface area (Å²) in [5, 5.41) is 8.32. The lowest BCUT2D eigenvalue weighted by atomic mass is 10.0. The third kappa shape index (κ3) is 4.85. The number of methoxy groups -OCH3 is 2. The Balaban J connectivity index is 1.39. The molecular weight excluding hydrogens is 448 g/mol. The lowest BCUT2D eigenvalue weighted by Gasteiger charge is -2.29. The van der Waals surface area contributed by atoms with Crippen molar-refractivity contribution in [3.63, 3.8) is 0 Å². The van der Waals surface area contributed by atoms with Crippen LogP contribution in [-0.4, -0.2) is 74.7 Å². The highest BCUT2D eigenvalue weighted by atomic mass is 16.5. The number of fused-ring (bicyclic) bond motifs is 1. The summed E-state index contributed by atoms with van der Waals surface area (Å²) >= 11 is 0. The summed E-state index contributed by atoms with van der Waals surface area (Å²) in [7, 11) is 3.15. The molecule has 1 saturated heterocycles. The summed E-state index contributed by atoms with van der Waals surface area (Å²) in [4.78, 5) is 17.5. The quantitative estimate of drug-likeness (QED) is 0.556. The van der Waals surface area contributed by atoms with Gasteiger partial charge in [0.25, 0.3) is 5.91 Å². The molecular formula is C26H28N4O5. The molecule has 1 aromatic heterocycles. The SMILES string of the molecule is COc1ccc(-c2cc3c(c(OC)c2)OCCN(C(=O)c2ccc(N4CCOCC4)cc2)C3)nn1. The van der Waals surface area contributed by atoms with Crippen molar-refractivity contribution in [3.05, 3.63) is 59.7 Å². The number of ether oxygens (including phenoxy) is 4. The zero-order chi connectivity index (χ0) is 24.2. The summed E-state index contributed by atoms with van der Waals surface area (Å²) in [6.45, 7) is 4.41. The van der Waals surface area contributed by atoms with Gasteiger partial charge in [-0.25, -0.2) is 0 Å². The van der Waals surface area contributed by atoms with E-state index in [0.29, 0.717) is 48.3 Å². The lowest BCUT2D eigenvalue weighted by molar-refractivity contribution is 0.0733. The Labute approximate surface area is 204 Å². The summed E-state index contributed by atoms with van der Waals surface area (Å²) in [6, 6.07) is 15.2. The number of carbonyl (C=O) groups is 1. The van der Waals surface area contributed by atoms with Gasteiger partial charge in [-0.15, -0.1) is 10.2 Å².